The van der Waals surface area contributed by atoms with Crippen LogP contribution in [-0.2, 0) is 19.1 Å². The van der Waals surface area contributed by atoms with Crippen LogP contribution in [0.4, 0.5) is 13.2 Å². The van der Waals surface area contributed by atoms with E-state index in [1.54, 1.807) is 24.5 Å². The zero-order chi connectivity index (χ0) is 15.3. The van der Waals surface area contributed by atoms with Crippen molar-refractivity contribution in [3.63, 3.8) is 0 Å². The number of benzene rings is 1. The van der Waals surface area contributed by atoms with E-state index < -0.39 is 11.7 Å². The minimum absolute atomic E-state index is 0.112. The van der Waals surface area contributed by atoms with Crippen molar-refractivity contribution in [1.29, 1.82) is 0 Å². The summed E-state index contributed by atoms with van der Waals surface area (Å²) >= 11 is 1.57. The van der Waals surface area contributed by atoms with Crippen molar-refractivity contribution in [3.8, 4) is 5.75 Å². The number of alkyl halides is 3. The monoisotopic (exact) mass is 315 g/mol. The molecular formula is C15H16F3NOS. The quantitative estimate of drug-likeness (QED) is 0.866. The van der Waals surface area contributed by atoms with Gasteiger partial charge >= 0.3 is 6.18 Å². The summed E-state index contributed by atoms with van der Waals surface area (Å²) in [6.45, 7) is 0.619. The van der Waals surface area contributed by atoms with Gasteiger partial charge in [-0.15, -0.1) is 11.3 Å². The summed E-state index contributed by atoms with van der Waals surface area (Å²) in [6.07, 6.45) is -3.81. The molecule has 0 amide bonds. The predicted molar refractivity (Wildman–Crippen MR) is 77.7 cm³/mol. The first-order chi connectivity index (χ1) is 10.0. The Bertz CT molecular complexity index is 567. The number of hydrogen-bond acceptors (Lipinski definition) is 3. The highest BCUT2D eigenvalue weighted by Crippen LogP contribution is 2.37. The van der Waals surface area contributed by atoms with Crippen molar-refractivity contribution in [1.82, 2.24) is 5.32 Å². The maximum absolute atomic E-state index is 13.1. The van der Waals surface area contributed by atoms with Crippen LogP contribution in [0.2, 0.25) is 0 Å². The van der Waals surface area contributed by atoms with Crippen LogP contribution in [0.5, 0.6) is 5.75 Å². The van der Waals surface area contributed by atoms with Gasteiger partial charge in [-0.05, 0) is 36.2 Å². The van der Waals surface area contributed by atoms with E-state index in [0.717, 1.165) is 10.9 Å². The fourth-order valence-electron chi connectivity index (χ4n) is 1.96. The first-order valence-corrected chi connectivity index (χ1v) is 7.38. The van der Waals surface area contributed by atoms with Crippen molar-refractivity contribution in [3.05, 3.63) is 51.7 Å². The molecule has 2 nitrogen and oxygen atoms in total. The molecule has 0 aliphatic rings. The average molecular weight is 315 g/mol. The lowest BCUT2D eigenvalue weighted by molar-refractivity contribution is -0.139. The Morgan fingerprint density at radius 3 is 2.67 bits per heavy atom. The summed E-state index contributed by atoms with van der Waals surface area (Å²) in [6, 6.07) is 8.02. The molecule has 2 rings (SSSR count). The van der Waals surface area contributed by atoms with E-state index in [4.69, 9.17) is 4.74 Å². The van der Waals surface area contributed by atoms with E-state index >= 15 is 0 Å². The molecule has 0 spiro atoms. The third kappa shape index (κ3) is 4.47. The number of nitrogens with one attached hydrogen (secondary N) is 1. The lowest BCUT2D eigenvalue weighted by Crippen LogP contribution is -2.12. The molecule has 6 heteroatoms. The fourth-order valence-corrected chi connectivity index (χ4v) is 2.65. The Hall–Kier alpha value is -1.53. The Morgan fingerprint density at radius 2 is 2.05 bits per heavy atom. The average Bonchev–Trinajstić information content (AvgIpc) is 2.92. The third-order valence-corrected chi connectivity index (χ3v) is 3.85. The molecule has 1 aromatic carbocycles. The highest BCUT2D eigenvalue weighted by Gasteiger charge is 2.34. The van der Waals surface area contributed by atoms with Crippen molar-refractivity contribution >= 4 is 11.3 Å². The molecule has 0 fully saturated rings. The fraction of sp³-hybridized carbons (Fsp3) is 0.333. The van der Waals surface area contributed by atoms with Crippen LogP contribution in [0.15, 0.2) is 35.7 Å². The third-order valence-electron chi connectivity index (χ3n) is 2.92. The Balaban J connectivity index is 2.10. The van der Waals surface area contributed by atoms with Gasteiger partial charge in [-0.1, -0.05) is 12.1 Å². The van der Waals surface area contributed by atoms with E-state index in [0.29, 0.717) is 18.5 Å². The normalized spacial score (nSPS) is 11.6. The van der Waals surface area contributed by atoms with Crippen LogP contribution in [0.25, 0.3) is 0 Å². The van der Waals surface area contributed by atoms with Crippen molar-refractivity contribution < 1.29 is 17.9 Å². The van der Waals surface area contributed by atoms with Gasteiger partial charge in [0.1, 0.15) is 5.75 Å². The minimum atomic E-state index is -4.41. The molecular weight excluding hydrogens is 299 g/mol. The van der Waals surface area contributed by atoms with Crippen LogP contribution in [-0.4, -0.2) is 13.7 Å². The Labute approximate surface area is 125 Å². The summed E-state index contributed by atoms with van der Waals surface area (Å²) in [4.78, 5) is 1.09. The van der Waals surface area contributed by atoms with Gasteiger partial charge in [0.2, 0.25) is 0 Å². The molecule has 1 aromatic heterocycles. The second-order valence-corrected chi connectivity index (χ2v) is 5.57. The molecule has 0 radical (unpaired) electrons. The summed E-state index contributed by atoms with van der Waals surface area (Å²) < 4.78 is 44.5. The van der Waals surface area contributed by atoms with Crippen molar-refractivity contribution in [2.24, 2.45) is 0 Å². The molecule has 0 saturated heterocycles. The SMILES string of the molecule is CNCc1ccc(OCCc2cccs2)c(C(F)(F)F)c1. The van der Waals surface area contributed by atoms with Gasteiger partial charge in [-0.3, -0.25) is 0 Å². The second kappa shape index (κ2) is 6.95. The number of ether oxygens (including phenoxy) is 1. The van der Waals surface area contributed by atoms with E-state index in [2.05, 4.69) is 5.32 Å². The molecule has 0 aliphatic heterocycles. The van der Waals surface area contributed by atoms with Crippen LogP contribution in [0, 0.1) is 0 Å². The number of hydrogen-bond donors (Lipinski definition) is 1. The van der Waals surface area contributed by atoms with Crippen LogP contribution in [0.3, 0.4) is 0 Å². The minimum Gasteiger partial charge on any atom is -0.493 e. The smallest absolute Gasteiger partial charge is 0.419 e. The first-order valence-electron chi connectivity index (χ1n) is 6.50. The highest BCUT2D eigenvalue weighted by molar-refractivity contribution is 7.09. The van der Waals surface area contributed by atoms with Gasteiger partial charge in [0.15, 0.2) is 0 Å². The molecule has 0 saturated carbocycles. The molecule has 2 aromatic rings. The molecule has 0 aliphatic carbocycles. The lowest BCUT2D eigenvalue weighted by atomic mass is 10.1. The van der Waals surface area contributed by atoms with E-state index in [1.807, 2.05) is 17.5 Å². The van der Waals surface area contributed by atoms with E-state index in [1.165, 1.54) is 6.07 Å². The first kappa shape index (κ1) is 15.9. The summed E-state index contributed by atoms with van der Waals surface area (Å²) in [5.74, 6) is -0.112. The molecule has 0 atom stereocenters. The van der Waals surface area contributed by atoms with Crippen molar-refractivity contribution in [2.45, 2.75) is 19.1 Å². The number of rotatable bonds is 6. The zero-order valence-corrected chi connectivity index (χ0v) is 12.4. The lowest BCUT2D eigenvalue weighted by Gasteiger charge is -2.15. The summed E-state index contributed by atoms with van der Waals surface area (Å²) in [7, 11) is 1.69. The molecule has 1 N–H and O–H groups in total. The molecule has 0 unspecified atom stereocenters. The molecule has 114 valence electrons. The van der Waals surface area contributed by atoms with Gasteiger partial charge in [-0.25, -0.2) is 0 Å². The standard InChI is InChI=1S/C15H16F3NOS/c1-19-10-11-4-5-14(13(9-11)15(16,17)18)20-7-6-12-3-2-8-21-12/h2-5,8-9,19H,6-7,10H2,1H3. The zero-order valence-electron chi connectivity index (χ0n) is 11.5. The van der Waals surface area contributed by atoms with E-state index in [-0.39, 0.29) is 12.4 Å². The number of thiophene rings is 1. The molecule has 0 bridgehead atoms. The summed E-state index contributed by atoms with van der Waals surface area (Å²) in [5, 5.41) is 4.77. The van der Waals surface area contributed by atoms with Crippen molar-refractivity contribution in [2.75, 3.05) is 13.7 Å². The van der Waals surface area contributed by atoms with E-state index in [9.17, 15) is 13.2 Å². The van der Waals surface area contributed by atoms with Gasteiger partial charge < -0.3 is 10.1 Å². The van der Waals surface area contributed by atoms with Gasteiger partial charge in [0, 0.05) is 17.8 Å². The van der Waals surface area contributed by atoms with Crippen LogP contribution in [0.1, 0.15) is 16.0 Å². The van der Waals surface area contributed by atoms with Gasteiger partial charge in [-0.2, -0.15) is 13.2 Å². The van der Waals surface area contributed by atoms with Gasteiger partial charge in [0.05, 0.1) is 12.2 Å². The molecule has 21 heavy (non-hydrogen) atoms. The highest BCUT2D eigenvalue weighted by atomic mass is 32.1. The Kier molecular flexibility index (Phi) is 5.25. The Morgan fingerprint density at radius 1 is 1.24 bits per heavy atom. The maximum Gasteiger partial charge on any atom is 0.419 e. The maximum atomic E-state index is 13.1. The topological polar surface area (TPSA) is 21.3 Å². The number of halogens is 3. The second-order valence-electron chi connectivity index (χ2n) is 4.54. The summed E-state index contributed by atoms with van der Waals surface area (Å²) in [5.41, 5.74) is -0.142. The van der Waals surface area contributed by atoms with Crippen LogP contribution >= 0.6 is 11.3 Å². The van der Waals surface area contributed by atoms with Crippen LogP contribution < -0.4 is 10.1 Å². The molecule has 1 heterocycles. The van der Waals surface area contributed by atoms with Gasteiger partial charge in [0.25, 0.3) is 0 Å². The largest absolute Gasteiger partial charge is 0.493 e. The predicted octanol–water partition coefficient (Wildman–Crippen LogP) is 4.11.